The molecule has 2 amide bonds. The molecule has 0 aliphatic carbocycles. The number of rotatable bonds is 4. The summed E-state index contributed by atoms with van der Waals surface area (Å²) >= 11 is 0. The highest BCUT2D eigenvalue weighted by Gasteiger charge is 2.28. The third-order valence-electron chi connectivity index (χ3n) is 5.73. The van der Waals surface area contributed by atoms with E-state index >= 15 is 0 Å². The van der Waals surface area contributed by atoms with Crippen LogP contribution in [0, 0.1) is 13.8 Å². The van der Waals surface area contributed by atoms with Crippen LogP contribution in [0.2, 0.25) is 0 Å². The molecule has 3 aromatic rings. The molecule has 1 aromatic carbocycles. The van der Waals surface area contributed by atoms with Crippen molar-refractivity contribution in [3.05, 3.63) is 57.6 Å². The lowest BCUT2D eigenvalue weighted by molar-refractivity contribution is -0.133. The molecular formula is C22H25N5O4. The maximum atomic E-state index is 13.0. The second-order valence-electron chi connectivity index (χ2n) is 7.91. The van der Waals surface area contributed by atoms with Crippen LogP contribution in [0.4, 0.5) is 0 Å². The number of aromatic nitrogens is 3. The van der Waals surface area contributed by atoms with Gasteiger partial charge in [0, 0.05) is 32.3 Å². The van der Waals surface area contributed by atoms with Crippen molar-refractivity contribution in [3.63, 3.8) is 0 Å². The highest BCUT2D eigenvalue weighted by Crippen LogP contribution is 2.25. The Morgan fingerprint density at radius 3 is 2.84 bits per heavy atom. The zero-order chi connectivity index (χ0) is 22.1. The molecule has 1 aliphatic heterocycles. The number of carbonyl (C=O) groups excluding carboxylic acids is 2. The summed E-state index contributed by atoms with van der Waals surface area (Å²) in [6, 6.07) is 5.45. The van der Waals surface area contributed by atoms with Gasteiger partial charge in [-0.1, -0.05) is 6.07 Å². The molecule has 1 atom stereocenters. The SMILES string of the molecule is CNC(=O)c1cnc(C2CCCN(C(=O)Cn3c(=O)oc4ccc(C)cc43)C2)nc1C. The Bertz CT molecular complexity index is 1210. The van der Waals surface area contributed by atoms with Crippen molar-refractivity contribution < 1.29 is 14.0 Å². The summed E-state index contributed by atoms with van der Waals surface area (Å²) in [4.78, 5) is 47.8. The summed E-state index contributed by atoms with van der Waals surface area (Å²) in [6.45, 7) is 4.72. The number of carbonyl (C=O) groups is 2. The molecule has 3 heterocycles. The molecule has 1 unspecified atom stereocenters. The molecule has 31 heavy (non-hydrogen) atoms. The lowest BCUT2D eigenvalue weighted by atomic mass is 9.96. The molecule has 0 saturated carbocycles. The predicted molar refractivity (Wildman–Crippen MR) is 114 cm³/mol. The van der Waals surface area contributed by atoms with Crippen molar-refractivity contribution in [2.75, 3.05) is 20.1 Å². The van der Waals surface area contributed by atoms with E-state index in [9.17, 15) is 14.4 Å². The maximum Gasteiger partial charge on any atom is 0.420 e. The van der Waals surface area contributed by atoms with E-state index in [2.05, 4.69) is 15.3 Å². The minimum Gasteiger partial charge on any atom is -0.408 e. The quantitative estimate of drug-likeness (QED) is 0.685. The lowest BCUT2D eigenvalue weighted by Crippen LogP contribution is -2.42. The molecule has 0 radical (unpaired) electrons. The fourth-order valence-corrected chi connectivity index (χ4v) is 4.01. The van der Waals surface area contributed by atoms with Gasteiger partial charge in [-0.25, -0.2) is 14.8 Å². The number of fused-ring (bicyclic) bond motifs is 1. The van der Waals surface area contributed by atoms with E-state index < -0.39 is 5.76 Å². The second kappa shape index (κ2) is 8.33. The average Bonchev–Trinajstić information content (AvgIpc) is 3.07. The number of nitrogens with one attached hydrogen (secondary N) is 1. The van der Waals surface area contributed by atoms with Crippen molar-refractivity contribution in [1.82, 2.24) is 24.8 Å². The van der Waals surface area contributed by atoms with Crippen LogP contribution in [0.25, 0.3) is 11.1 Å². The Balaban J connectivity index is 1.51. The average molecular weight is 423 g/mol. The fourth-order valence-electron chi connectivity index (χ4n) is 4.01. The van der Waals surface area contributed by atoms with E-state index in [1.807, 2.05) is 19.1 Å². The van der Waals surface area contributed by atoms with Crippen LogP contribution in [-0.4, -0.2) is 51.4 Å². The summed E-state index contributed by atoms with van der Waals surface area (Å²) < 4.78 is 6.65. The molecule has 9 nitrogen and oxygen atoms in total. The molecule has 1 saturated heterocycles. The van der Waals surface area contributed by atoms with E-state index in [4.69, 9.17) is 4.42 Å². The number of nitrogens with zero attached hydrogens (tertiary/aromatic N) is 4. The monoisotopic (exact) mass is 423 g/mol. The lowest BCUT2D eigenvalue weighted by Gasteiger charge is -2.32. The third-order valence-corrected chi connectivity index (χ3v) is 5.73. The van der Waals surface area contributed by atoms with Crippen molar-refractivity contribution in [2.24, 2.45) is 0 Å². The minimum absolute atomic E-state index is 0.0183. The van der Waals surface area contributed by atoms with Gasteiger partial charge >= 0.3 is 5.76 Å². The van der Waals surface area contributed by atoms with Crippen LogP contribution in [0.3, 0.4) is 0 Å². The van der Waals surface area contributed by atoms with Gasteiger partial charge < -0.3 is 14.6 Å². The van der Waals surface area contributed by atoms with Crippen molar-refractivity contribution in [1.29, 1.82) is 0 Å². The van der Waals surface area contributed by atoms with Gasteiger partial charge in [0.15, 0.2) is 5.58 Å². The Morgan fingerprint density at radius 2 is 2.10 bits per heavy atom. The number of hydrogen-bond donors (Lipinski definition) is 1. The molecule has 2 aromatic heterocycles. The first kappa shape index (κ1) is 20.8. The van der Waals surface area contributed by atoms with E-state index in [0.717, 1.165) is 18.4 Å². The van der Waals surface area contributed by atoms with Gasteiger partial charge in [-0.2, -0.15) is 0 Å². The summed E-state index contributed by atoms with van der Waals surface area (Å²) in [5, 5.41) is 2.58. The van der Waals surface area contributed by atoms with Gasteiger partial charge in [0.2, 0.25) is 5.91 Å². The Labute approximate surface area is 179 Å². The first-order chi connectivity index (χ1) is 14.9. The van der Waals surface area contributed by atoms with E-state index in [1.54, 1.807) is 24.9 Å². The van der Waals surface area contributed by atoms with Crippen LogP contribution in [0.1, 0.15) is 46.2 Å². The molecule has 1 N–H and O–H groups in total. The second-order valence-corrected chi connectivity index (χ2v) is 7.91. The number of benzene rings is 1. The van der Waals surface area contributed by atoms with E-state index in [-0.39, 0.29) is 24.3 Å². The molecule has 0 spiro atoms. The first-order valence-corrected chi connectivity index (χ1v) is 10.3. The number of piperidine rings is 1. The maximum absolute atomic E-state index is 13.0. The highest BCUT2D eigenvalue weighted by atomic mass is 16.4. The van der Waals surface area contributed by atoms with Crippen molar-refractivity contribution >= 4 is 22.9 Å². The zero-order valence-electron chi connectivity index (χ0n) is 17.8. The number of oxazole rings is 1. The normalized spacial score (nSPS) is 16.5. The van der Waals surface area contributed by atoms with Crippen LogP contribution >= 0.6 is 0 Å². The summed E-state index contributed by atoms with van der Waals surface area (Å²) in [6.07, 6.45) is 3.21. The number of amides is 2. The molecule has 1 aliphatic rings. The van der Waals surface area contributed by atoms with Gasteiger partial charge in [0.1, 0.15) is 12.4 Å². The van der Waals surface area contributed by atoms with Crippen molar-refractivity contribution in [3.8, 4) is 0 Å². The topological polar surface area (TPSA) is 110 Å². The standard InChI is InChI=1S/C22H25N5O4/c1-13-6-7-18-17(9-13)27(22(30)31-18)12-19(28)26-8-4-5-15(11-26)20-24-10-16(14(2)25-20)21(29)23-3/h6-7,9-10,15H,4-5,8,11-12H2,1-3H3,(H,23,29). The minimum atomic E-state index is -0.536. The zero-order valence-corrected chi connectivity index (χ0v) is 17.8. The largest absolute Gasteiger partial charge is 0.420 e. The predicted octanol–water partition coefficient (Wildman–Crippen LogP) is 1.77. The van der Waals surface area contributed by atoms with Gasteiger partial charge in [-0.15, -0.1) is 0 Å². The Kier molecular flexibility index (Phi) is 5.58. The van der Waals surface area contributed by atoms with Gasteiger partial charge in [-0.3, -0.25) is 14.2 Å². The molecule has 9 heteroatoms. The van der Waals surface area contributed by atoms with Crippen LogP contribution in [0.15, 0.2) is 33.6 Å². The van der Waals surface area contributed by atoms with Gasteiger partial charge in [0.25, 0.3) is 5.91 Å². The number of aryl methyl sites for hydroxylation is 2. The summed E-state index contributed by atoms with van der Waals surface area (Å²) in [5.41, 5.74) is 3.13. The first-order valence-electron chi connectivity index (χ1n) is 10.3. The molecular weight excluding hydrogens is 398 g/mol. The van der Waals surface area contributed by atoms with Gasteiger partial charge in [0.05, 0.1) is 16.8 Å². The number of hydrogen-bond acceptors (Lipinski definition) is 6. The van der Waals surface area contributed by atoms with Crippen LogP contribution < -0.4 is 11.1 Å². The summed E-state index contributed by atoms with van der Waals surface area (Å²) in [5.74, 6) is -0.294. The smallest absolute Gasteiger partial charge is 0.408 e. The van der Waals surface area contributed by atoms with E-state index in [1.165, 1.54) is 10.8 Å². The molecule has 1 fully saturated rings. The third kappa shape index (κ3) is 4.08. The van der Waals surface area contributed by atoms with Crippen molar-refractivity contribution in [2.45, 2.75) is 39.2 Å². The van der Waals surface area contributed by atoms with Crippen LogP contribution in [-0.2, 0) is 11.3 Å². The number of likely N-dealkylation sites (tertiary alicyclic amines) is 1. The fraction of sp³-hybridized carbons (Fsp3) is 0.409. The molecule has 162 valence electrons. The molecule has 4 rings (SSSR count). The highest BCUT2D eigenvalue weighted by molar-refractivity contribution is 5.94. The molecule has 0 bridgehead atoms. The summed E-state index contributed by atoms with van der Waals surface area (Å²) in [7, 11) is 1.57. The van der Waals surface area contributed by atoms with Crippen LogP contribution in [0.5, 0.6) is 0 Å². The van der Waals surface area contributed by atoms with E-state index in [0.29, 0.717) is 41.3 Å². The Hall–Kier alpha value is -3.49. The van der Waals surface area contributed by atoms with Gasteiger partial charge in [-0.05, 0) is 44.4 Å². The Morgan fingerprint density at radius 1 is 1.29 bits per heavy atom.